The number of aromatic nitrogens is 2. The fourth-order valence-electron chi connectivity index (χ4n) is 3.71. The summed E-state index contributed by atoms with van der Waals surface area (Å²) in [5, 5.41) is 6.93. The topological polar surface area (TPSA) is 49.0 Å². The molecule has 1 fully saturated rings. The second-order valence-electron chi connectivity index (χ2n) is 7.01. The molecule has 26 heavy (non-hydrogen) atoms. The van der Waals surface area contributed by atoms with Crippen LogP contribution in [0, 0.1) is 17.6 Å². The number of carbonyl (C=O) groups is 1. The summed E-state index contributed by atoms with van der Waals surface area (Å²) in [5.74, 6) is -0.718. The Kier molecular flexibility index (Phi) is 6.01. The Morgan fingerprint density at radius 1 is 1.31 bits per heavy atom. The van der Waals surface area contributed by atoms with E-state index in [1.807, 2.05) is 4.90 Å². The van der Waals surface area contributed by atoms with E-state index < -0.39 is 11.6 Å². The Bertz CT molecular complexity index is 739. The average molecular weight is 361 g/mol. The van der Waals surface area contributed by atoms with Crippen molar-refractivity contribution in [3.63, 3.8) is 0 Å². The molecule has 1 atom stereocenters. The molecule has 4 nitrogen and oxygen atoms in total. The maximum atomic E-state index is 13.8. The molecule has 1 aromatic carbocycles. The fourth-order valence-corrected chi connectivity index (χ4v) is 3.71. The molecule has 1 N–H and O–H groups in total. The zero-order valence-corrected chi connectivity index (χ0v) is 15.1. The van der Waals surface area contributed by atoms with Crippen molar-refractivity contribution in [2.45, 2.75) is 45.4 Å². The summed E-state index contributed by atoms with van der Waals surface area (Å²) in [6.07, 6.45) is 6.27. The van der Waals surface area contributed by atoms with E-state index in [9.17, 15) is 13.6 Å². The molecule has 1 amide bonds. The van der Waals surface area contributed by atoms with Gasteiger partial charge in [0.25, 0.3) is 5.91 Å². The van der Waals surface area contributed by atoms with Gasteiger partial charge in [-0.15, -0.1) is 0 Å². The number of nitrogens with zero attached hydrogens (tertiary/aromatic N) is 2. The summed E-state index contributed by atoms with van der Waals surface area (Å²) in [6.45, 7) is 3.42. The van der Waals surface area contributed by atoms with Crippen LogP contribution in [-0.2, 0) is 12.8 Å². The van der Waals surface area contributed by atoms with E-state index in [1.54, 1.807) is 6.20 Å². The number of H-pyrrole nitrogens is 1. The van der Waals surface area contributed by atoms with Crippen molar-refractivity contribution < 1.29 is 13.6 Å². The van der Waals surface area contributed by atoms with E-state index in [1.165, 1.54) is 18.2 Å². The van der Waals surface area contributed by atoms with Crippen molar-refractivity contribution in [2.75, 3.05) is 13.1 Å². The smallest absolute Gasteiger partial charge is 0.257 e. The number of piperidine rings is 1. The molecule has 6 heteroatoms. The molecule has 0 bridgehead atoms. The van der Waals surface area contributed by atoms with Crippen LogP contribution in [0.1, 0.15) is 54.2 Å². The van der Waals surface area contributed by atoms with E-state index in [0.717, 1.165) is 37.9 Å². The highest BCUT2D eigenvalue weighted by atomic mass is 19.1. The average Bonchev–Trinajstić information content (AvgIpc) is 3.09. The van der Waals surface area contributed by atoms with Gasteiger partial charge in [-0.05, 0) is 50.2 Å². The second-order valence-corrected chi connectivity index (χ2v) is 7.01. The molecule has 1 saturated heterocycles. The summed E-state index contributed by atoms with van der Waals surface area (Å²) >= 11 is 0. The van der Waals surface area contributed by atoms with E-state index in [4.69, 9.17) is 0 Å². The molecule has 0 aliphatic carbocycles. The van der Waals surface area contributed by atoms with Gasteiger partial charge in [0, 0.05) is 24.3 Å². The monoisotopic (exact) mass is 361 g/mol. The van der Waals surface area contributed by atoms with Gasteiger partial charge in [0.1, 0.15) is 11.6 Å². The number of benzene rings is 1. The van der Waals surface area contributed by atoms with Crippen molar-refractivity contribution in [2.24, 2.45) is 5.92 Å². The molecule has 1 aliphatic heterocycles. The van der Waals surface area contributed by atoms with Crippen LogP contribution in [0.25, 0.3) is 0 Å². The first-order valence-corrected chi connectivity index (χ1v) is 9.34. The molecular formula is C20H25F2N3O. The number of amides is 1. The van der Waals surface area contributed by atoms with Crippen LogP contribution in [0.5, 0.6) is 0 Å². The van der Waals surface area contributed by atoms with E-state index in [2.05, 4.69) is 17.1 Å². The summed E-state index contributed by atoms with van der Waals surface area (Å²) in [5.41, 5.74) is 1.68. The molecule has 1 aliphatic rings. The number of carbonyl (C=O) groups excluding carboxylic acids is 1. The lowest BCUT2D eigenvalue weighted by Crippen LogP contribution is -2.40. The fraction of sp³-hybridized carbons (Fsp3) is 0.500. The number of likely N-dealkylation sites (tertiary alicyclic amines) is 1. The zero-order valence-electron chi connectivity index (χ0n) is 15.1. The quantitative estimate of drug-likeness (QED) is 0.841. The predicted molar refractivity (Wildman–Crippen MR) is 95.9 cm³/mol. The number of hydrogen-bond acceptors (Lipinski definition) is 2. The molecule has 0 radical (unpaired) electrons. The minimum atomic E-state index is -0.489. The third kappa shape index (κ3) is 4.11. The Hall–Kier alpha value is -2.24. The standard InChI is InChI=1S/C20H25F2N3O/c1-2-5-19-16(12-23-24-19)20(26)25-11-4-6-14(13-25)9-10-15-17(21)7-3-8-18(15)22/h3,7-8,12,14H,2,4-6,9-11,13H2,1H3,(H,23,24)/t14-/m0/s1. The summed E-state index contributed by atoms with van der Waals surface area (Å²) in [6, 6.07) is 3.97. The maximum absolute atomic E-state index is 13.8. The normalized spacial score (nSPS) is 17.5. The zero-order chi connectivity index (χ0) is 18.5. The third-order valence-electron chi connectivity index (χ3n) is 5.12. The van der Waals surface area contributed by atoms with Crippen LogP contribution in [-0.4, -0.2) is 34.1 Å². The van der Waals surface area contributed by atoms with Crippen LogP contribution in [0.4, 0.5) is 8.78 Å². The van der Waals surface area contributed by atoms with Crippen LogP contribution in [0.2, 0.25) is 0 Å². The first kappa shape index (κ1) is 18.5. The third-order valence-corrected chi connectivity index (χ3v) is 5.12. The highest BCUT2D eigenvalue weighted by molar-refractivity contribution is 5.95. The summed E-state index contributed by atoms with van der Waals surface area (Å²) in [7, 11) is 0. The first-order valence-electron chi connectivity index (χ1n) is 9.34. The minimum absolute atomic E-state index is 0.00368. The van der Waals surface area contributed by atoms with Crippen LogP contribution in [0.3, 0.4) is 0 Å². The van der Waals surface area contributed by atoms with Gasteiger partial charge in [-0.3, -0.25) is 9.89 Å². The van der Waals surface area contributed by atoms with Crippen molar-refractivity contribution in [3.8, 4) is 0 Å². The Labute approximate surface area is 152 Å². The summed E-state index contributed by atoms with van der Waals surface area (Å²) < 4.78 is 27.6. The molecular weight excluding hydrogens is 336 g/mol. The number of rotatable bonds is 6. The molecule has 140 valence electrons. The van der Waals surface area contributed by atoms with E-state index >= 15 is 0 Å². The number of aryl methyl sites for hydroxylation is 1. The molecule has 0 unspecified atom stereocenters. The molecule has 1 aromatic heterocycles. The van der Waals surface area contributed by atoms with Crippen molar-refractivity contribution >= 4 is 5.91 Å². The van der Waals surface area contributed by atoms with Crippen molar-refractivity contribution in [1.82, 2.24) is 15.1 Å². The van der Waals surface area contributed by atoms with E-state index in [0.29, 0.717) is 24.9 Å². The number of hydrogen-bond donors (Lipinski definition) is 1. The molecule has 0 saturated carbocycles. The summed E-state index contributed by atoms with van der Waals surface area (Å²) in [4.78, 5) is 14.7. The van der Waals surface area contributed by atoms with Gasteiger partial charge < -0.3 is 4.90 Å². The molecule has 3 rings (SSSR count). The van der Waals surface area contributed by atoms with Crippen LogP contribution in [0.15, 0.2) is 24.4 Å². The molecule has 2 heterocycles. The van der Waals surface area contributed by atoms with Crippen LogP contribution >= 0.6 is 0 Å². The van der Waals surface area contributed by atoms with Gasteiger partial charge in [0.2, 0.25) is 0 Å². The number of aromatic amines is 1. The molecule has 2 aromatic rings. The maximum Gasteiger partial charge on any atom is 0.257 e. The largest absolute Gasteiger partial charge is 0.338 e. The molecule has 0 spiro atoms. The van der Waals surface area contributed by atoms with Gasteiger partial charge in [0.15, 0.2) is 0 Å². The van der Waals surface area contributed by atoms with Gasteiger partial charge >= 0.3 is 0 Å². The Morgan fingerprint density at radius 2 is 2.08 bits per heavy atom. The lowest BCUT2D eigenvalue weighted by atomic mass is 9.91. The van der Waals surface area contributed by atoms with Gasteiger partial charge in [-0.25, -0.2) is 8.78 Å². The minimum Gasteiger partial charge on any atom is -0.338 e. The number of nitrogens with one attached hydrogen (secondary N) is 1. The van der Waals surface area contributed by atoms with Crippen molar-refractivity contribution in [1.29, 1.82) is 0 Å². The highest BCUT2D eigenvalue weighted by Crippen LogP contribution is 2.25. The van der Waals surface area contributed by atoms with Crippen molar-refractivity contribution in [3.05, 3.63) is 52.9 Å². The van der Waals surface area contributed by atoms with Crippen LogP contribution < -0.4 is 0 Å². The Balaban J connectivity index is 1.62. The lowest BCUT2D eigenvalue weighted by molar-refractivity contribution is 0.0667. The SMILES string of the molecule is CCCc1[nH]ncc1C(=O)N1CCC[C@@H](CCc2c(F)cccc2F)C1. The van der Waals surface area contributed by atoms with Gasteiger partial charge in [-0.1, -0.05) is 19.4 Å². The number of halogens is 2. The highest BCUT2D eigenvalue weighted by Gasteiger charge is 2.26. The van der Waals surface area contributed by atoms with Gasteiger partial charge in [-0.2, -0.15) is 5.10 Å². The Morgan fingerprint density at radius 3 is 2.81 bits per heavy atom. The lowest BCUT2D eigenvalue weighted by Gasteiger charge is -2.33. The van der Waals surface area contributed by atoms with E-state index in [-0.39, 0.29) is 17.4 Å². The van der Waals surface area contributed by atoms with Gasteiger partial charge in [0.05, 0.1) is 11.8 Å². The first-order chi connectivity index (χ1) is 12.6. The second kappa shape index (κ2) is 8.43. The predicted octanol–water partition coefficient (Wildman–Crippen LogP) is 4.13.